The van der Waals surface area contributed by atoms with Gasteiger partial charge in [0.05, 0.1) is 19.2 Å². The van der Waals surface area contributed by atoms with Crippen LogP contribution in [0.15, 0.2) is 12.2 Å². The molecular formula is C26H41N3O6. The first-order valence-electron chi connectivity index (χ1n) is 13.0. The molecule has 2 fully saturated rings. The van der Waals surface area contributed by atoms with Gasteiger partial charge in [0.25, 0.3) is 0 Å². The Morgan fingerprint density at radius 2 is 1.69 bits per heavy atom. The highest BCUT2D eigenvalue weighted by Crippen LogP contribution is 2.52. The quantitative estimate of drug-likeness (QED) is 0.370. The smallest absolute Gasteiger partial charge is 0.407 e. The number of ketones is 1. The first kappa shape index (κ1) is 27.2. The third-order valence-corrected chi connectivity index (χ3v) is 7.46. The summed E-state index contributed by atoms with van der Waals surface area (Å²) in [5.74, 6) is 1.38. The van der Waals surface area contributed by atoms with Crippen molar-refractivity contribution in [1.82, 2.24) is 15.1 Å². The number of hydrogen-bond donors (Lipinski definition) is 1. The van der Waals surface area contributed by atoms with E-state index in [4.69, 9.17) is 9.47 Å². The second-order valence-corrected chi connectivity index (χ2v) is 10.3. The number of Topliss-reactive ketones (excluding diaryl/α,β-unsaturated/α-hetero) is 1. The largest absolute Gasteiger partial charge is 0.464 e. The van der Waals surface area contributed by atoms with Crippen LogP contribution in [0.4, 0.5) is 4.79 Å². The molecule has 9 heteroatoms. The van der Waals surface area contributed by atoms with Crippen LogP contribution in [0.2, 0.25) is 0 Å². The van der Waals surface area contributed by atoms with E-state index in [0.717, 1.165) is 12.8 Å². The minimum absolute atomic E-state index is 0.0788. The molecule has 0 spiro atoms. The fourth-order valence-corrected chi connectivity index (χ4v) is 5.18. The van der Waals surface area contributed by atoms with Crippen LogP contribution in [0, 0.1) is 23.7 Å². The fourth-order valence-electron chi connectivity index (χ4n) is 5.18. The van der Waals surface area contributed by atoms with E-state index in [1.54, 1.807) is 4.90 Å². The van der Waals surface area contributed by atoms with Crippen molar-refractivity contribution in [3.05, 3.63) is 12.2 Å². The zero-order valence-electron chi connectivity index (χ0n) is 21.4. The zero-order chi connectivity index (χ0) is 25.4. The van der Waals surface area contributed by atoms with Crippen molar-refractivity contribution in [1.29, 1.82) is 0 Å². The monoisotopic (exact) mass is 491 g/mol. The lowest BCUT2D eigenvalue weighted by atomic mass is 10.1. The van der Waals surface area contributed by atoms with Crippen LogP contribution >= 0.6 is 0 Å². The van der Waals surface area contributed by atoms with Crippen molar-refractivity contribution < 1.29 is 28.7 Å². The van der Waals surface area contributed by atoms with E-state index >= 15 is 0 Å². The highest BCUT2D eigenvalue weighted by molar-refractivity contribution is 5.82. The van der Waals surface area contributed by atoms with Gasteiger partial charge < -0.3 is 19.7 Å². The predicted octanol–water partition coefficient (Wildman–Crippen LogP) is 2.40. The number of piperazine rings is 1. The molecule has 2 aliphatic carbocycles. The van der Waals surface area contributed by atoms with Crippen molar-refractivity contribution in [2.24, 2.45) is 23.7 Å². The molecule has 1 saturated heterocycles. The molecule has 35 heavy (non-hydrogen) atoms. The van der Waals surface area contributed by atoms with Crippen LogP contribution < -0.4 is 5.32 Å². The minimum Gasteiger partial charge on any atom is -0.464 e. The Morgan fingerprint density at radius 1 is 1.00 bits per heavy atom. The van der Waals surface area contributed by atoms with E-state index in [9.17, 15) is 19.2 Å². The standard InChI is InChI=1S/C26H41N3O6/c1-18(2)24(31)15-28-12-13-29(14-20(28)16-34-19(3)30)25(32)10-11-27-26(33)35-17-23-21-8-6-4-5-7-9-22(21)23/h4-5,18,20-23H,6-17H2,1-3H3,(H,27,33)/b5-4+. The van der Waals surface area contributed by atoms with Gasteiger partial charge in [-0.15, -0.1) is 0 Å². The number of esters is 1. The highest BCUT2D eigenvalue weighted by Gasteiger charge is 2.49. The predicted molar refractivity (Wildman–Crippen MR) is 130 cm³/mol. The maximum Gasteiger partial charge on any atom is 0.407 e. The topological polar surface area (TPSA) is 105 Å². The van der Waals surface area contributed by atoms with Gasteiger partial charge in [-0.25, -0.2) is 4.79 Å². The van der Waals surface area contributed by atoms with Crippen molar-refractivity contribution >= 4 is 23.8 Å². The van der Waals surface area contributed by atoms with Crippen LogP contribution in [-0.2, 0) is 23.9 Å². The summed E-state index contributed by atoms with van der Waals surface area (Å²) in [6.45, 7) is 7.53. The number of fused-ring (bicyclic) bond motifs is 1. The summed E-state index contributed by atoms with van der Waals surface area (Å²) in [6, 6.07) is -0.233. The Labute approximate surface area is 208 Å². The second-order valence-electron chi connectivity index (χ2n) is 10.3. The van der Waals surface area contributed by atoms with Crippen LogP contribution in [-0.4, -0.2) is 85.5 Å². The summed E-state index contributed by atoms with van der Waals surface area (Å²) in [4.78, 5) is 52.1. The van der Waals surface area contributed by atoms with Crippen molar-refractivity contribution in [2.75, 3.05) is 45.9 Å². The molecule has 0 aromatic rings. The number of hydrogen-bond acceptors (Lipinski definition) is 7. The number of nitrogens with one attached hydrogen (secondary N) is 1. The number of carbonyl (C=O) groups is 4. The average molecular weight is 492 g/mol. The molecule has 0 aromatic carbocycles. The maximum atomic E-state index is 12.7. The van der Waals surface area contributed by atoms with Crippen molar-refractivity contribution in [3.63, 3.8) is 0 Å². The van der Waals surface area contributed by atoms with Gasteiger partial charge in [0.15, 0.2) is 0 Å². The van der Waals surface area contributed by atoms with Crippen molar-refractivity contribution in [2.45, 2.75) is 58.9 Å². The lowest BCUT2D eigenvalue weighted by Crippen LogP contribution is -2.58. The van der Waals surface area contributed by atoms with Gasteiger partial charge in [-0.3, -0.25) is 19.3 Å². The number of rotatable bonds is 10. The second kappa shape index (κ2) is 13.0. The summed E-state index contributed by atoms with van der Waals surface area (Å²) in [7, 11) is 0. The van der Waals surface area contributed by atoms with Crippen LogP contribution in [0.1, 0.15) is 52.9 Å². The molecule has 196 valence electrons. The van der Waals surface area contributed by atoms with E-state index in [1.165, 1.54) is 19.8 Å². The summed E-state index contributed by atoms with van der Waals surface area (Å²) < 4.78 is 10.6. The summed E-state index contributed by atoms with van der Waals surface area (Å²) in [5, 5.41) is 2.70. The van der Waals surface area contributed by atoms with Crippen LogP contribution in [0.25, 0.3) is 0 Å². The van der Waals surface area contributed by atoms with Gasteiger partial charge in [-0.05, 0) is 43.4 Å². The Balaban J connectivity index is 1.37. The normalized spacial score (nSPS) is 27.3. The minimum atomic E-state index is -0.472. The first-order chi connectivity index (χ1) is 16.8. The number of carbonyl (C=O) groups excluding carboxylic acids is 4. The van der Waals surface area contributed by atoms with Gasteiger partial charge in [0.2, 0.25) is 5.91 Å². The zero-order valence-corrected chi connectivity index (χ0v) is 21.4. The van der Waals surface area contributed by atoms with E-state index < -0.39 is 6.09 Å². The van der Waals surface area contributed by atoms with Gasteiger partial charge in [-0.2, -0.15) is 0 Å². The molecule has 0 bridgehead atoms. The van der Waals surface area contributed by atoms with Crippen LogP contribution in [0.5, 0.6) is 0 Å². The molecule has 0 aromatic heterocycles. The van der Waals surface area contributed by atoms with E-state index in [2.05, 4.69) is 17.5 Å². The van der Waals surface area contributed by atoms with Crippen LogP contribution in [0.3, 0.4) is 0 Å². The molecular weight excluding hydrogens is 450 g/mol. The lowest BCUT2D eigenvalue weighted by molar-refractivity contribution is -0.145. The summed E-state index contributed by atoms with van der Waals surface area (Å²) >= 11 is 0. The average Bonchev–Trinajstić information content (AvgIpc) is 3.45. The Kier molecular flexibility index (Phi) is 10.1. The molecule has 0 radical (unpaired) electrons. The molecule has 1 N–H and O–H groups in total. The molecule has 1 saturated carbocycles. The number of ether oxygens (including phenoxy) is 2. The fraction of sp³-hybridized carbons (Fsp3) is 0.769. The number of nitrogens with zero attached hydrogens (tertiary/aromatic N) is 2. The molecule has 3 unspecified atom stereocenters. The number of amides is 2. The molecule has 2 amide bonds. The first-order valence-corrected chi connectivity index (χ1v) is 13.0. The molecule has 3 rings (SSSR count). The number of alkyl carbamates (subject to hydrolysis) is 1. The van der Waals surface area contributed by atoms with Gasteiger partial charge in [0, 0.05) is 45.4 Å². The third kappa shape index (κ3) is 8.33. The third-order valence-electron chi connectivity index (χ3n) is 7.46. The van der Waals surface area contributed by atoms with Gasteiger partial charge in [0.1, 0.15) is 12.4 Å². The Hall–Kier alpha value is -2.42. The molecule has 9 nitrogen and oxygen atoms in total. The Morgan fingerprint density at radius 3 is 2.31 bits per heavy atom. The molecule has 3 atom stereocenters. The van der Waals surface area contributed by atoms with Gasteiger partial charge in [-0.1, -0.05) is 26.0 Å². The summed E-state index contributed by atoms with van der Waals surface area (Å²) in [5.41, 5.74) is 0. The Bertz CT molecular complexity index is 782. The van der Waals surface area contributed by atoms with Crippen molar-refractivity contribution in [3.8, 4) is 0 Å². The SMILES string of the molecule is CC(=O)OCC1CN(C(=O)CCNC(=O)OCC2C3CC/C=C/CCC32)CCN1CC(=O)C(C)C. The molecule has 3 aliphatic rings. The van der Waals surface area contributed by atoms with Gasteiger partial charge >= 0.3 is 12.1 Å². The highest BCUT2D eigenvalue weighted by atomic mass is 16.5. The lowest BCUT2D eigenvalue weighted by Gasteiger charge is -2.41. The summed E-state index contributed by atoms with van der Waals surface area (Å²) in [6.07, 6.45) is 8.75. The molecule has 1 heterocycles. The van der Waals surface area contributed by atoms with E-state index in [0.29, 0.717) is 44.0 Å². The molecule has 1 aliphatic heterocycles. The maximum absolute atomic E-state index is 12.7. The van der Waals surface area contributed by atoms with E-state index in [-0.39, 0.29) is 55.7 Å². The number of allylic oxidation sites excluding steroid dienone is 2. The van der Waals surface area contributed by atoms with E-state index in [1.807, 2.05) is 18.7 Å².